The average Bonchev–Trinajstić information content (AvgIpc) is 2.98. The summed E-state index contributed by atoms with van der Waals surface area (Å²) in [5.74, 6) is -0.575. The van der Waals surface area contributed by atoms with Gasteiger partial charge in [0, 0.05) is 24.7 Å². The summed E-state index contributed by atoms with van der Waals surface area (Å²) < 4.78 is 5.40. The van der Waals surface area contributed by atoms with Crippen LogP contribution < -0.4 is 10.6 Å². The molecule has 1 aromatic rings. The summed E-state index contributed by atoms with van der Waals surface area (Å²) in [6.07, 6.45) is 1.91. The highest BCUT2D eigenvalue weighted by Crippen LogP contribution is 2.10. The maximum absolute atomic E-state index is 11.7. The molecule has 1 aliphatic heterocycles. The van der Waals surface area contributed by atoms with E-state index in [9.17, 15) is 9.59 Å². The fourth-order valence-electron chi connectivity index (χ4n) is 2.11. The monoisotopic (exact) mass is 310 g/mol. The van der Waals surface area contributed by atoms with Gasteiger partial charge in [-0.1, -0.05) is 23.7 Å². The molecule has 1 atom stereocenters. The van der Waals surface area contributed by atoms with Gasteiger partial charge in [0.1, 0.15) is 6.42 Å². The van der Waals surface area contributed by atoms with Crippen LogP contribution in [-0.4, -0.2) is 31.1 Å². The topological polar surface area (TPSA) is 67.4 Å². The number of nitrogens with one attached hydrogen (secondary N) is 2. The normalized spacial score (nSPS) is 17.5. The number of rotatable bonds is 6. The largest absolute Gasteiger partial charge is 0.376 e. The first-order valence-electron chi connectivity index (χ1n) is 7.03. The molecule has 0 radical (unpaired) electrons. The number of carbonyl (C=O) groups is 2. The number of hydrogen-bond donors (Lipinski definition) is 2. The number of carbonyl (C=O) groups excluding carboxylic acids is 2. The van der Waals surface area contributed by atoms with Gasteiger partial charge in [0.2, 0.25) is 11.8 Å². The highest BCUT2D eigenvalue weighted by atomic mass is 35.5. The van der Waals surface area contributed by atoms with Crippen molar-refractivity contribution in [1.82, 2.24) is 10.6 Å². The van der Waals surface area contributed by atoms with Gasteiger partial charge in [0.25, 0.3) is 0 Å². The summed E-state index contributed by atoms with van der Waals surface area (Å²) in [6.45, 7) is 1.61. The third kappa shape index (κ3) is 5.73. The van der Waals surface area contributed by atoms with Gasteiger partial charge >= 0.3 is 0 Å². The molecule has 1 aromatic carbocycles. The molecule has 0 aromatic heterocycles. The zero-order valence-electron chi connectivity index (χ0n) is 11.7. The Balaban J connectivity index is 1.64. The quantitative estimate of drug-likeness (QED) is 0.785. The van der Waals surface area contributed by atoms with Crippen LogP contribution in [0, 0.1) is 0 Å². The Hall–Kier alpha value is -1.59. The molecule has 1 unspecified atom stereocenters. The summed E-state index contributed by atoms with van der Waals surface area (Å²) >= 11 is 5.78. The fraction of sp³-hybridized carbons (Fsp3) is 0.467. The van der Waals surface area contributed by atoms with E-state index in [1.807, 2.05) is 12.1 Å². The molecule has 21 heavy (non-hydrogen) atoms. The van der Waals surface area contributed by atoms with Crippen molar-refractivity contribution >= 4 is 23.4 Å². The predicted octanol–water partition coefficient (Wildman–Crippen LogP) is 1.64. The van der Waals surface area contributed by atoms with E-state index < -0.39 is 0 Å². The van der Waals surface area contributed by atoms with Crippen molar-refractivity contribution < 1.29 is 14.3 Å². The molecule has 0 aliphatic carbocycles. The molecule has 1 saturated heterocycles. The number of benzene rings is 1. The van der Waals surface area contributed by atoms with E-state index in [4.69, 9.17) is 16.3 Å². The molecule has 2 rings (SSSR count). The first-order valence-corrected chi connectivity index (χ1v) is 7.41. The molecule has 0 saturated carbocycles. The van der Waals surface area contributed by atoms with Crippen molar-refractivity contribution in [3.63, 3.8) is 0 Å². The Morgan fingerprint density at radius 2 is 1.90 bits per heavy atom. The van der Waals surface area contributed by atoms with Gasteiger partial charge in [0.05, 0.1) is 6.10 Å². The maximum atomic E-state index is 11.7. The van der Waals surface area contributed by atoms with Gasteiger partial charge in [0.15, 0.2) is 0 Å². The molecule has 0 spiro atoms. The zero-order chi connectivity index (χ0) is 15.1. The highest BCUT2D eigenvalue weighted by molar-refractivity contribution is 6.30. The van der Waals surface area contributed by atoms with Gasteiger partial charge in [-0.25, -0.2) is 0 Å². The van der Waals surface area contributed by atoms with Crippen LogP contribution in [-0.2, 0) is 20.9 Å². The van der Waals surface area contributed by atoms with Crippen molar-refractivity contribution in [3.05, 3.63) is 34.9 Å². The van der Waals surface area contributed by atoms with Crippen LogP contribution in [0.3, 0.4) is 0 Å². The van der Waals surface area contributed by atoms with Crippen molar-refractivity contribution in [2.24, 2.45) is 0 Å². The summed E-state index contributed by atoms with van der Waals surface area (Å²) in [6, 6.07) is 7.19. The summed E-state index contributed by atoms with van der Waals surface area (Å²) in [4.78, 5) is 23.3. The van der Waals surface area contributed by atoms with Gasteiger partial charge in [-0.05, 0) is 30.5 Å². The highest BCUT2D eigenvalue weighted by Gasteiger charge is 2.17. The Morgan fingerprint density at radius 1 is 1.19 bits per heavy atom. The molecule has 1 fully saturated rings. The standard InChI is InChI=1S/C15H19ClN2O3/c16-12-5-3-11(4-6-12)9-17-14(19)8-15(20)18-10-13-2-1-7-21-13/h3-6,13H,1-2,7-10H2,(H,17,19)(H,18,20). The molecule has 5 nitrogen and oxygen atoms in total. The Kier molecular flexibility index (Phi) is 6.02. The smallest absolute Gasteiger partial charge is 0.229 e. The number of hydrogen-bond acceptors (Lipinski definition) is 3. The van der Waals surface area contributed by atoms with Gasteiger partial charge in [-0.15, -0.1) is 0 Å². The van der Waals surface area contributed by atoms with Crippen LogP contribution in [0.1, 0.15) is 24.8 Å². The molecule has 1 aliphatic rings. The van der Waals surface area contributed by atoms with E-state index >= 15 is 0 Å². The molecule has 114 valence electrons. The van der Waals surface area contributed by atoms with E-state index in [0.29, 0.717) is 18.1 Å². The lowest BCUT2D eigenvalue weighted by atomic mass is 10.2. The maximum Gasteiger partial charge on any atom is 0.229 e. The molecule has 1 heterocycles. The summed E-state index contributed by atoms with van der Waals surface area (Å²) in [5, 5.41) is 6.07. The van der Waals surface area contributed by atoms with Gasteiger partial charge in [-0.2, -0.15) is 0 Å². The minimum absolute atomic E-state index is 0.0890. The van der Waals surface area contributed by atoms with E-state index in [-0.39, 0.29) is 24.3 Å². The van der Waals surface area contributed by atoms with E-state index in [1.165, 1.54) is 0 Å². The summed E-state index contributed by atoms with van der Waals surface area (Å²) in [5.41, 5.74) is 0.938. The van der Waals surface area contributed by atoms with Crippen molar-refractivity contribution in [2.45, 2.75) is 31.9 Å². The Morgan fingerprint density at radius 3 is 2.57 bits per heavy atom. The van der Waals surface area contributed by atoms with E-state index in [0.717, 1.165) is 25.0 Å². The zero-order valence-corrected chi connectivity index (χ0v) is 12.5. The summed E-state index contributed by atoms with van der Waals surface area (Å²) in [7, 11) is 0. The first kappa shape index (κ1) is 15.8. The number of amides is 2. The second kappa shape index (κ2) is 8.00. The minimum atomic E-state index is -0.296. The van der Waals surface area contributed by atoms with Crippen LogP contribution in [0.2, 0.25) is 5.02 Å². The van der Waals surface area contributed by atoms with Crippen LogP contribution >= 0.6 is 11.6 Å². The predicted molar refractivity (Wildman–Crippen MR) is 79.9 cm³/mol. The fourth-order valence-corrected chi connectivity index (χ4v) is 2.23. The lowest BCUT2D eigenvalue weighted by Gasteiger charge is -2.10. The number of halogens is 1. The number of ether oxygens (including phenoxy) is 1. The van der Waals surface area contributed by atoms with Crippen LogP contribution in [0.15, 0.2) is 24.3 Å². The van der Waals surface area contributed by atoms with Gasteiger partial charge in [-0.3, -0.25) is 9.59 Å². The van der Waals surface area contributed by atoms with Crippen molar-refractivity contribution in [3.8, 4) is 0 Å². The van der Waals surface area contributed by atoms with Crippen molar-refractivity contribution in [1.29, 1.82) is 0 Å². The van der Waals surface area contributed by atoms with Crippen LogP contribution in [0.4, 0.5) is 0 Å². The molecule has 2 amide bonds. The third-order valence-corrected chi connectivity index (χ3v) is 3.53. The third-order valence-electron chi connectivity index (χ3n) is 3.27. The van der Waals surface area contributed by atoms with Crippen LogP contribution in [0.5, 0.6) is 0 Å². The van der Waals surface area contributed by atoms with Crippen molar-refractivity contribution in [2.75, 3.05) is 13.2 Å². The molecule has 0 bridgehead atoms. The molecule has 6 heteroatoms. The molecular formula is C15H19ClN2O3. The van der Waals surface area contributed by atoms with E-state index in [1.54, 1.807) is 12.1 Å². The Labute approximate surface area is 129 Å². The molecule has 2 N–H and O–H groups in total. The second-order valence-electron chi connectivity index (χ2n) is 5.02. The minimum Gasteiger partial charge on any atom is -0.376 e. The average molecular weight is 311 g/mol. The van der Waals surface area contributed by atoms with Gasteiger partial charge < -0.3 is 15.4 Å². The van der Waals surface area contributed by atoms with E-state index in [2.05, 4.69) is 10.6 Å². The second-order valence-corrected chi connectivity index (χ2v) is 5.46. The SMILES string of the molecule is O=C(CC(=O)NCC1CCCO1)NCc1ccc(Cl)cc1. The van der Waals surface area contributed by atoms with Crippen LogP contribution in [0.25, 0.3) is 0 Å². The first-order chi connectivity index (χ1) is 10.1. The molecular weight excluding hydrogens is 292 g/mol. The lowest BCUT2D eigenvalue weighted by Crippen LogP contribution is -2.35. The Bertz CT molecular complexity index is 484. The lowest BCUT2D eigenvalue weighted by molar-refractivity contribution is -0.129.